The van der Waals surface area contributed by atoms with Gasteiger partial charge in [0.05, 0.1) is 5.38 Å². The maximum atomic E-state index is 6.64. The zero-order valence-corrected chi connectivity index (χ0v) is 13.3. The smallest absolute Gasteiger partial charge is 0.0835 e. The van der Waals surface area contributed by atoms with Crippen LogP contribution in [0.15, 0.2) is 40.9 Å². The first-order chi connectivity index (χ1) is 9.15. The molecule has 98 valence electrons. The van der Waals surface area contributed by atoms with Crippen LogP contribution in [0.3, 0.4) is 0 Å². The molecule has 0 saturated carbocycles. The molecule has 0 radical (unpaired) electrons. The number of aryl methyl sites for hydroxylation is 3. The van der Waals surface area contributed by atoms with Gasteiger partial charge in [-0.15, -0.1) is 11.6 Å². The average molecular weight is 336 g/mol. The molecule has 0 bridgehead atoms. The van der Waals surface area contributed by atoms with Crippen molar-refractivity contribution >= 4 is 27.5 Å². The molecule has 0 amide bonds. The quantitative estimate of drug-likeness (QED) is 0.629. The number of halogens is 2. The molecule has 1 atom stereocenters. The van der Waals surface area contributed by atoms with Crippen molar-refractivity contribution in [2.24, 2.45) is 0 Å². The van der Waals surface area contributed by atoms with Gasteiger partial charge in [0.15, 0.2) is 0 Å². The summed E-state index contributed by atoms with van der Waals surface area (Å²) in [7, 11) is 0. The van der Waals surface area contributed by atoms with Gasteiger partial charge in [0.25, 0.3) is 0 Å². The topological polar surface area (TPSA) is 0 Å². The first kappa shape index (κ1) is 13.2. The second-order valence-corrected chi connectivity index (χ2v) is 6.54. The summed E-state index contributed by atoms with van der Waals surface area (Å²) in [4.78, 5) is 0. The lowest BCUT2D eigenvalue weighted by Crippen LogP contribution is -1.96. The number of hydrogen-bond acceptors (Lipinski definition) is 0. The van der Waals surface area contributed by atoms with E-state index in [0.717, 1.165) is 10.0 Å². The molecule has 3 rings (SSSR count). The highest BCUT2D eigenvalue weighted by Crippen LogP contribution is 2.34. The van der Waals surface area contributed by atoms with Crippen molar-refractivity contribution < 1.29 is 0 Å². The molecule has 0 aliphatic heterocycles. The first-order valence-electron chi connectivity index (χ1n) is 6.67. The van der Waals surface area contributed by atoms with Gasteiger partial charge in [0.2, 0.25) is 0 Å². The predicted octanol–water partition coefficient (Wildman–Crippen LogP) is 5.57. The van der Waals surface area contributed by atoms with Crippen LogP contribution >= 0.6 is 27.5 Å². The van der Waals surface area contributed by atoms with Gasteiger partial charge in [-0.25, -0.2) is 0 Å². The Morgan fingerprint density at radius 2 is 1.68 bits per heavy atom. The monoisotopic (exact) mass is 334 g/mol. The highest BCUT2D eigenvalue weighted by atomic mass is 79.9. The van der Waals surface area contributed by atoms with E-state index in [1.165, 1.54) is 41.5 Å². The summed E-state index contributed by atoms with van der Waals surface area (Å²) in [6, 6.07) is 13.1. The number of rotatable bonds is 2. The maximum Gasteiger partial charge on any atom is 0.0835 e. The zero-order chi connectivity index (χ0) is 13.4. The Morgan fingerprint density at radius 1 is 1.00 bits per heavy atom. The summed E-state index contributed by atoms with van der Waals surface area (Å²) in [6.07, 6.45) is 3.70. The number of fused-ring (bicyclic) bond motifs is 1. The fourth-order valence-electron chi connectivity index (χ4n) is 2.71. The van der Waals surface area contributed by atoms with Gasteiger partial charge in [-0.05, 0) is 60.1 Å². The largest absolute Gasteiger partial charge is 0.113 e. The Bertz CT molecular complexity index is 619. The van der Waals surface area contributed by atoms with E-state index in [0.29, 0.717) is 0 Å². The molecule has 2 heteroatoms. The van der Waals surface area contributed by atoms with Crippen molar-refractivity contribution in [1.29, 1.82) is 0 Å². The molecule has 2 aromatic rings. The van der Waals surface area contributed by atoms with E-state index >= 15 is 0 Å². The molecule has 0 saturated heterocycles. The number of benzene rings is 2. The Labute approximate surface area is 127 Å². The van der Waals surface area contributed by atoms with E-state index in [-0.39, 0.29) is 5.38 Å². The predicted molar refractivity (Wildman–Crippen MR) is 85.0 cm³/mol. The van der Waals surface area contributed by atoms with Gasteiger partial charge in [-0.3, -0.25) is 0 Å². The third-order valence-corrected chi connectivity index (χ3v) is 5.26. The van der Waals surface area contributed by atoms with E-state index in [1.807, 2.05) is 0 Å². The first-order valence-corrected chi connectivity index (χ1v) is 7.90. The lowest BCUT2D eigenvalue weighted by atomic mass is 9.99. The Morgan fingerprint density at radius 3 is 2.47 bits per heavy atom. The average Bonchev–Trinajstić information content (AvgIpc) is 2.88. The molecule has 1 unspecified atom stereocenters. The van der Waals surface area contributed by atoms with E-state index < -0.39 is 0 Å². The van der Waals surface area contributed by atoms with Gasteiger partial charge >= 0.3 is 0 Å². The molecule has 2 aromatic carbocycles. The third-order valence-electron chi connectivity index (χ3n) is 3.90. The van der Waals surface area contributed by atoms with Gasteiger partial charge in [-0.2, -0.15) is 0 Å². The highest BCUT2D eigenvalue weighted by Gasteiger charge is 2.16. The maximum absolute atomic E-state index is 6.64. The minimum Gasteiger partial charge on any atom is -0.113 e. The minimum atomic E-state index is -0.0669. The molecule has 1 aliphatic rings. The van der Waals surface area contributed by atoms with Crippen molar-refractivity contribution in [3.05, 3.63) is 68.7 Å². The van der Waals surface area contributed by atoms with Crippen LogP contribution in [-0.2, 0) is 12.8 Å². The van der Waals surface area contributed by atoms with Crippen LogP contribution in [-0.4, -0.2) is 0 Å². The summed E-state index contributed by atoms with van der Waals surface area (Å²) in [5, 5.41) is -0.0669. The summed E-state index contributed by atoms with van der Waals surface area (Å²) < 4.78 is 1.12. The van der Waals surface area contributed by atoms with Crippen LogP contribution < -0.4 is 0 Å². The van der Waals surface area contributed by atoms with Crippen LogP contribution in [0.1, 0.15) is 39.6 Å². The SMILES string of the molecule is Cc1ccc(C(Cl)c2ccc3c(c2)CCC3)cc1Br. The molecule has 0 aromatic heterocycles. The normalized spacial score (nSPS) is 15.3. The standard InChI is InChI=1S/C17H16BrCl/c1-11-5-6-15(10-16(11)18)17(19)14-8-7-12-3-2-4-13(12)9-14/h5-10,17H,2-4H2,1H3. The molecule has 19 heavy (non-hydrogen) atoms. The van der Waals surface area contributed by atoms with Crippen LogP contribution in [0.4, 0.5) is 0 Å². The lowest BCUT2D eigenvalue weighted by Gasteiger charge is -2.13. The molecule has 0 heterocycles. The molecule has 1 aliphatic carbocycles. The summed E-state index contributed by atoms with van der Waals surface area (Å²) >= 11 is 10.2. The van der Waals surface area contributed by atoms with Gasteiger partial charge in [0, 0.05) is 4.47 Å². The Balaban J connectivity index is 1.94. The van der Waals surface area contributed by atoms with Crippen LogP contribution in [0, 0.1) is 6.92 Å². The van der Waals surface area contributed by atoms with Crippen molar-refractivity contribution in [2.75, 3.05) is 0 Å². The molecule has 0 nitrogen and oxygen atoms in total. The fourth-order valence-corrected chi connectivity index (χ4v) is 3.38. The number of hydrogen-bond donors (Lipinski definition) is 0. The second kappa shape index (κ2) is 5.30. The minimum absolute atomic E-state index is 0.0669. The van der Waals surface area contributed by atoms with Crippen LogP contribution in [0.2, 0.25) is 0 Å². The molecule has 0 spiro atoms. The Hall–Kier alpha value is -0.790. The van der Waals surface area contributed by atoms with E-state index in [1.54, 1.807) is 0 Å². The summed E-state index contributed by atoms with van der Waals surface area (Å²) in [6.45, 7) is 2.09. The van der Waals surface area contributed by atoms with Crippen molar-refractivity contribution in [2.45, 2.75) is 31.6 Å². The van der Waals surface area contributed by atoms with Crippen molar-refractivity contribution in [3.8, 4) is 0 Å². The second-order valence-electron chi connectivity index (χ2n) is 5.25. The third kappa shape index (κ3) is 2.59. The van der Waals surface area contributed by atoms with E-state index in [2.05, 4.69) is 59.3 Å². The zero-order valence-electron chi connectivity index (χ0n) is 10.9. The fraction of sp³-hybridized carbons (Fsp3) is 0.294. The van der Waals surface area contributed by atoms with Crippen LogP contribution in [0.5, 0.6) is 0 Å². The summed E-state index contributed by atoms with van der Waals surface area (Å²) in [5.74, 6) is 0. The lowest BCUT2D eigenvalue weighted by molar-refractivity contribution is 0.911. The molecule has 0 fully saturated rings. The van der Waals surface area contributed by atoms with Crippen molar-refractivity contribution in [3.63, 3.8) is 0 Å². The van der Waals surface area contributed by atoms with E-state index in [9.17, 15) is 0 Å². The molecule has 0 N–H and O–H groups in total. The highest BCUT2D eigenvalue weighted by molar-refractivity contribution is 9.10. The van der Waals surface area contributed by atoms with Gasteiger partial charge in [-0.1, -0.05) is 46.3 Å². The van der Waals surface area contributed by atoms with Crippen LogP contribution in [0.25, 0.3) is 0 Å². The summed E-state index contributed by atoms with van der Waals surface area (Å²) in [5.41, 5.74) is 6.57. The van der Waals surface area contributed by atoms with Gasteiger partial charge < -0.3 is 0 Å². The van der Waals surface area contributed by atoms with Crippen molar-refractivity contribution in [1.82, 2.24) is 0 Å². The molecular weight excluding hydrogens is 320 g/mol. The number of alkyl halides is 1. The Kier molecular flexibility index (Phi) is 3.68. The van der Waals surface area contributed by atoms with Gasteiger partial charge in [0.1, 0.15) is 0 Å². The molecular formula is C17H16BrCl. The van der Waals surface area contributed by atoms with E-state index in [4.69, 9.17) is 11.6 Å².